The Morgan fingerprint density at radius 2 is 1.91 bits per heavy atom. The van der Waals surface area contributed by atoms with E-state index in [-0.39, 0.29) is 17.8 Å². The third kappa shape index (κ3) is 3.30. The summed E-state index contributed by atoms with van der Waals surface area (Å²) >= 11 is 0. The maximum atomic E-state index is 12.3. The molecule has 2 N–H and O–H groups in total. The normalized spacial score (nSPS) is 20.4. The summed E-state index contributed by atoms with van der Waals surface area (Å²) in [4.78, 5) is 34.0. The number of carbonyl (C=O) groups is 2. The van der Waals surface area contributed by atoms with Gasteiger partial charge in [0.15, 0.2) is 0 Å². The molecule has 2 rings (SSSR count). The summed E-state index contributed by atoms with van der Waals surface area (Å²) < 4.78 is 0. The van der Waals surface area contributed by atoms with Gasteiger partial charge in [-0.15, -0.1) is 0 Å². The number of nitro groups is 1. The Kier molecular flexibility index (Phi) is 4.55. The van der Waals surface area contributed by atoms with Crippen LogP contribution in [0.15, 0.2) is 30.4 Å². The molecule has 0 fully saturated rings. The maximum Gasteiger partial charge on any atom is 0.307 e. The van der Waals surface area contributed by atoms with Gasteiger partial charge in [0.1, 0.15) is 5.69 Å². The first kappa shape index (κ1) is 15.7. The lowest BCUT2D eigenvalue weighted by Gasteiger charge is -2.24. The van der Waals surface area contributed by atoms with Gasteiger partial charge in [0.2, 0.25) is 5.91 Å². The topological polar surface area (TPSA) is 110 Å². The fourth-order valence-corrected chi connectivity index (χ4v) is 2.50. The lowest BCUT2D eigenvalue weighted by Crippen LogP contribution is -2.34. The van der Waals surface area contributed by atoms with Gasteiger partial charge < -0.3 is 10.4 Å². The van der Waals surface area contributed by atoms with Crippen molar-refractivity contribution in [3.63, 3.8) is 0 Å². The summed E-state index contributed by atoms with van der Waals surface area (Å²) in [5, 5.41) is 22.7. The molecular weight excluding hydrogens is 288 g/mol. The van der Waals surface area contributed by atoms with E-state index < -0.39 is 28.6 Å². The van der Waals surface area contributed by atoms with Gasteiger partial charge in [0, 0.05) is 6.07 Å². The number of benzene rings is 1. The van der Waals surface area contributed by atoms with E-state index in [4.69, 9.17) is 0 Å². The van der Waals surface area contributed by atoms with Crippen LogP contribution >= 0.6 is 0 Å². The Balaban J connectivity index is 2.23. The third-order valence-corrected chi connectivity index (χ3v) is 3.69. The van der Waals surface area contributed by atoms with Gasteiger partial charge in [0.05, 0.1) is 16.8 Å². The third-order valence-electron chi connectivity index (χ3n) is 3.69. The second-order valence-electron chi connectivity index (χ2n) is 5.26. The summed E-state index contributed by atoms with van der Waals surface area (Å²) in [6, 6.07) is 4.48. The number of aliphatic carboxylic acids is 1. The first-order valence-electron chi connectivity index (χ1n) is 6.84. The molecule has 0 unspecified atom stereocenters. The molecule has 0 spiro atoms. The molecule has 7 nitrogen and oxygen atoms in total. The van der Waals surface area contributed by atoms with E-state index in [2.05, 4.69) is 5.32 Å². The Labute approximate surface area is 126 Å². The number of carboxylic acids is 1. The highest BCUT2D eigenvalue weighted by Gasteiger charge is 2.34. The van der Waals surface area contributed by atoms with Crippen LogP contribution in [0.1, 0.15) is 18.4 Å². The second-order valence-corrected chi connectivity index (χ2v) is 5.26. The number of nitrogens with zero attached hydrogens (tertiary/aromatic N) is 1. The summed E-state index contributed by atoms with van der Waals surface area (Å²) in [5.41, 5.74) is 0.583. The van der Waals surface area contributed by atoms with Crippen molar-refractivity contribution >= 4 is 23.3 Å². The number of hydrogen-bond acceptors (Lipinski definition) is 4. The molecular formula is C15H16N2O5. The molecule has 7 heteroatoms. The standard InChI is InChI=1S/C15H16N2O5/c1-9-6-7-12(13(8-9)17(21)22)16-14(18)10-4-2-3-5-11(10)15(19)20/h2-3,6-8,10-11H,4-5H2,1H3,(H,16,18)(H,19,20)/t10-,11-/m1/s1. The van der Waals surface area contributed by atoms with Crippen molar-refractivity contribution in [2.24, 2.45) is 11.8 Å². The molecule has 1 aromatic rings. The molecule has 0 saturated heterocycles. The number of nitro benzene ring substituents is 1. The summed E-state index contributed by atoms with van der Waals surface area (Å²) in [6.07, 6.45) is 4.08. The van der Waals surface area contributed by atoms with Crippen LogP contribution in [0.2, 0.25) is 0 Å². The Hall–Kier alpha value is -2.70. The lowest BCUT2D eigenvalue weighted by molar-refractivity contribution is -0.384. The molecule has 0 aromatic heterocycles. The molecule has 2 atom stereocenters. The number of allylic oxidation sites excluding steroid dienone is 2. The molecule has 1 amide bonds. The number of aryl methyl sites for hydroxylation is 1. The first-order valence-corrected chi connectivity index (χ1v) is 6.84. The van der Waals surface area contributed by atoms with Gasteiger partial charge in [-0.1, -0.05) is 18.2 Å². The number of amides is 1. The quantitative estimate of drug-likeness (QED) is 0.504. The van der Waals surface area contributed by atoms with Crippen molar-refractivity contribution in [2.75, 3.05) is 5.32 Å². The highest BCUT2D eigenvalue weighted by Crippen LogP contribution is 2.30. The molecule has 0 bridgehead atoms. The monoisotopic (exact) mass is 304 g/mol. The number of hydrogen-bond donors (Lipinski definition) is 2. The number of carboxylic acid groups (broad SMARTS) is 1. The van der Waals surface area contributed by atoms with Crippen LogP contribution in [0, 0.1) is 28.9 Å². The average Bonchev–Trinajstić information content (AvgIpc) is 2.48. The van der Waals surface area contributed by atoms with E-state index in [0.717, 1.165) is 0 Å². The number of nitrogens with one attached hydrogen (secondary N) is 1. The van der Waals surface area contributed by atoms with Crippen molar-refractivity contribution in [3.05, 3.63) is 46.0 Å². The van der Waals surface area contributed by atoms with E-state index >= 15 is 0 Å². The van der Waals surface area contributed by atoms with Gasteiger partial charge in [-0.25, -0.2) is 0 Å². The highest BCUT2D eigenvalue weighted by molar-refractivity contribution is 5.97. The summed E-state index contributed by atoms with van der Waals surface area (Å²) in [6.45, 7) is 1.71. The van der Waals surface area contributed by atoms with Gasteiger partial charge in [-0.2, -0.15) is 0 Å². The molecule has 0 radical (unpaired) electrons. The smallest absolute Gasteiger partial charge is 0.307 e. The molecule has 1 aliphatic carbocycles. The van der Waals surface area contributed by atoms with Crippen LogP contribution in [-0.4, -0.2) is 21.9 Å². The minimum Gasteiger partial charge on any atom is -0.481 e. The van der Waals surface area contributed by atoms with Crippen LogP contribution in [0.25, 0.3) is 0 Å². The van der Waals surface area contributed by atoms with Gasteiger partial charge in [-0.3, -0.25) is 19.7 Å². The van der Waals surface area contributed by atoms with Crippen LogP contribution in [-0.2, 0) is 9.59 Å². The minimum absolute atomic E-state index is 0.0827. The zero-order valence-electron chi connectivity index (χ0n) is 12.0. The maximum absolute atomic E-state index is 12.3. The number of anilines is 1. The predicted molar refractivity (Wildman–Crippen MR) is 79.5 cm³/mol. The van der Waals surface area contributed by atoms with Crippen LogP contribution < -0.4 is 5.32 Å². The second kappa shape index (κ2) is 6.38. The molecule has 0 saturated carbocycles. The predicted octanol–water partition coefficient (Wildman–Crippen LogP) is 2.51. The van der Waals surface area contributed by atoms with E-state index in [0.29, 0.717) is 12.0 Å². The molecule has 0 heterocycles. The van der Waals surface area contributed by atoms with Gasteiger partial charge >= 0.3 is 5.97 Å². The van der Waals surface area contributed by atoms with E-state index in [1.54, 1.807) is 25.1 Å². The van der Waals surface area contributed by atoms with Crippen molar-refractivity contribution in [1.82, 2.24) is 0 Å². The van der Waals surface area contributed by atoms with Crippen molar-refractivity contribution in [3.8, 4) is 0 Å². The lowest BCUT2D eigenvalue weighted by atomic mass is 9.82. The highest BCUT2D eigenvalue weighted by atomic mass is 16.6. The summed E-state index contributed by atoms with van der Waals surface area (Å²) in [7, 11) is 0. The zero-order valence-corrected chi connectivity index (χ0v) is 12.0. The number of carbonyl (C=O) groups excluding carboxylic acids is 1. The van der Waals surface area contributed by atoms with Crippen LogP contribution in [0.4, 0.5) is 11.4 Å². The average molecular weight is 304 g/mol. The van der Waals surface area contributed by atoms with E-state index in [1.165, 1.54) is 12.1 Å². The molecule has 116 valence electrons. The van der Waals surface area contributed by atoms with Crippen molar-refractivity contribution in [2.45, 2.75) is 19.8 Å². The SMILES string of the molecule is Cc1ccc(NC(=O)[C@@H]2CC=CC[C@H]2C(=O)O)c([N+](=O)[O-])c1. The zero-order chi connectivity index (χ0) is 16.3. The van der Waals surface area contributed by atoms with Crippen LogP contribution in [0.5, 0.6) is 0 Å². The Morgan fingerprint density at radius 1 is 1.27 bits per heavy atom. The van der Waals surface area contributed by atoms with Crippen LogP contribution in [0.3, 0.4) is 0 Å². The van der Waals surface area contributed by atoms with E-state index in [9.17, 15) is 24.8 Å². The van der Waals surface area contributed by atoms with E-state index in [1.807, 2.05) is 0 Å². The minimum atomic E-state index is -1.04. The van der Waals surface area contributed by atoms with Crippen molar-refractivity contribution in [1.29, 1.82) is 0 Å². The van der Waals surface area contributed by atoms with Crippen molar-refractivity contribution < 1.29 is 19.6 Å². The largest absolute Gasteiger partial charge is 0.481 e. The fraction of sp³-hybridized carbons (Fsp3) is 0.333. The first-order chi connectivity index (χ1) is 10.4. The van der Waals surface area contributed by atoms with Gasteiger partial charge in [-0.05, 0) is 31.4 Å². The van der Waals surface area contributed by atoms with Gasteiger partial charge in [0.25, 0.3) is 5.69 Å². The fourth-order valence-electron chi connectivity index (χ4n) is 2.50. The summed E-state index contributed by atoms with van der Waals surface area (Å²) in [5.74, 6) is -3.09. The Bertz CT molecular complexity index is 653. The molecule has 0 aliphatic heterocycles. The molecule has 1 aliphatic rings. The molecule has 1 aromatic carbocycles. The Morgan fingerprint density at radius 3 is 2.50 bits per heavy atom. The molecule has 22 heavy (non-hydrogen) atoms. The number of rotatable bonds is 4.